The topological polar surface area (TPSA) is 78.9 Å². The lowest BCUT2D eigenvalue weighted by Crippen LogP contribution is -2.30. The molecule has 0 aliphatic heterocycles. The van der Waals surface area contributed by atoms with Gasteiger partial charge in [0, 0.05) is 19.3 Å². The van der Waals surface area contributed by atoms with Crippen LogP contribution in [0.1, 0.15) is 239 Å². The summed E-state index contributed by atoms with van der Waals surface area (Å²) in [4.78, 5) is 37.8. The molecule has 0 aromatic carbocycles. The summed E-state index contributed by atoms with van der Waals surface area (Å²) in [6.45, 7) is 6.28. The van der Waals surface area contributed by atoms with Crippen molar-refractivity contribution in [2.75, 3.05) is 13.2 Å². The smallest absolute Gasteiger partial charge is 0.306 e. The molecule has 0 saturated heterocycles. The summed E-state index contributed by atoms with van der Waals surface area (Å²) in [6, 6.07) is 0. The number of allylic oxidation sites excluding steroid dienone is 24. The van der Waals surface area contributed by atoms with Gasteiger partial charge in [0.05, 0.1) is 0 Å². The molecule has 0 spiro atoms. The fourth-order valence-corrected chi connectivity index (χ4v) is 7.51. The Morgan fingerprint density at radius 1 is 0.288 bits per heavy atom. The van der Waals surface area contributed by atoms with Gasteiger partial charge in [-0.1, -0.05) is 244 Å². The number of carbonyl (C=O) groups is 3. The number of ether oxygens (including phenoxy) is 3. The van der Waals surface area contributed by atoms with E-state index >= 15 is 0 Å². The van der Waals surface area contributed by atoms with Crippen LogP contribution in [0.3, 0.4) is 0 Å². The zero-order chi connectivity index (χ0) is 52.9. The van der Waals surface area contributed by atoms with Gasteiger partial charge in [-0.05, 0) is 122 Å². The largest absolute Gasteiger partial charge is 0.462 e. The Balaban J connectivity index is 4.20. The summed E-state index contributed by atoms with van der Waals surface area (Å²) in [7, 11) is 0. The zero-order valence-corrected chi connectivity index (χ0v) is 46.8. The van der Waals surface area contributed by atoms with Crippen molar-refractivity contribution in [3.05, 3.63) is 146 Å². The first-order valence-corrected chi connectivity index (χ1v) is 29.3. The van der Waals surface area contributed by atoms with E-state index in [1.165, 1.54) is 32.1 Å². The van der Waals surface area contributed by atoms with Gasteiger partial charge in [0.2, 0.25) is 0 Å². The molecule has 0 radical (unpaired) electrons. The Hall–Kier alpha value is -4.71. The molecule has 6 heteroatoms. The Kier molecular flexibility index (Phi) is 56.0. The van der Waals surface area contributed by atoms with Gasteiger partial charge in [-0.25, -0.2) is 0 Å². The van der Waals surface area contributed by atoms with Crippen LogP contribution in [-0.4, -0.2) is 37.2 Å². The molecule has 73 heavy (non-hydrogen) atoms. The molecule has 0 bridgehead atoms. The van der Waals surface area contributed by atoms with E-state index in [4.69, 9.17) is 14.2 Å². The maximum atomic E-state index is 12.8. The molecule has 410 valence electrons. The van der Waals surface area contributed by atoms with E-state index in [-0.39, 0.29) is 31.1 Å². The molecule has 0 fully saturated rings. The highest BCUT2D eigenvalue weighted by Gasteiger charge is 2.19. The van der Waals surface area contributed by atoms with Crippen molar-refractivity contribution < 1.29 is 28.6 Å². The minimum atomic E-state index is -0.798. The molecule has 1 atom stereocenters. The highest BCUT2D eigenvalue weighted by atomic mass is 16.6. The number of carbonyl (C=O) groups excluding carboxylic acids is 3. The van der Waals surface area contributed by atoms with Gasteiger partial charge in [-0.3, -0.25) is 14.4 Å². The second-order valence-corrected chi connectivity index (χ2v) is 18.8. The number of unbranched alkanes of at least 4 members (excludes halogenated alkanes) is 16. The van der Waals surface area contributed by atoms with Crippen LogP contribution in [0.2, 0.25) is 0 Å². The first-order valence-electron chi connectivity index (χ1n) is 29.3. The monoisotopic (exact) mass is 1010 g/mol. The van der Waals surface area contributed by atoms with E-state index in [0.29, 0.717) is 19.3 Å². The van der Waals surface area contributed by atoms with Crippen molar-refractivity contribution >= 4 is 17.9 Å². The second kappa shape index (κ2) is 59.8. The minimum Gasteiger partial charge on any atom is -0.462 e. The van der Waals surface area contributed by atoms with Crippen molar-refractivity contribution in [1.82, 2.24) is 0 Å². The summed E-state index contributed by atoms with van der Waals surface area (Å²) in [5.41, 5.74) is 0. The Bertz CT molecular complexity index is 1630. The lowest BCUT2D eigenvalue weighted by atomic mass is 10.1. The molecular weight excluding hydrogens is 901 g/mol. The molecule has 0 aromatic rings. The van der Waals surface area contributed by atoms with Crippen LogP contribution >= 0.6 is 0 Å². The lowest BCUT2D eigenvalue weighted by molar-refractivity contribution is -0.167. The van der Waals surface area contributed by atoms with Gasteiger partial charge in [0.15, 0.2) is 6.10 Å². The van der Waals surface area contributed by atoms with Crippen molar-refractivity contribution in [2.24, 2.45) is 0 Å². The SMILES string of the molecule is CC/C=C\C/C=C\C/C=C\C/C=C\C/C=C\C/C=C\CCCCCCCCCCC(=O)OCC(COC(=O)CCCCCCC)OC(=O)CCCCCC/C=C\C/C=C\C/C=C\C/C=C\C/C=C\C/C=C\CC. The predicted molar refractivity (Wildman–Crippen MR) is 315 cm³/mol. The highest BCUT2D eigenvalue weighted by molar-refractivity contribution is 5.71. The summed E-state index contributed by atoms with van der Waals surface area (Å²) in [5.74, 6) is -0.951. The molecule has 0 heterocycles. The summed E-state index contributed by atoms with van der Waals surface area (Å²) >= 11 is 0. The van der Waals surface area contributed by atoms with Crippen molar-refractivity contribution in [3.63, 3.8) is 0 Å². The third-order valence-corrected chi connectivity index (χ3v) is 11.8. The van der Waals surface area contributed by atoms with Crippen molar-refractivity contribution in [1.29, 1.82) is 0 Å². The average Bonchev–Trinajstić information content (AvgIpc) is 3.39. The molecule has 1 unspecified atom stereocenters. The molecule has 0 rings (SSSR count). The van der Waals surface area contributed by atoms with E-state index in [2.05, 4.69) is 167 Å². The average molecular weight is 1010 g/mol. The number of rotatable bonds is 51. The first-order chi connectivity index (χ1) is 36.0. The predicted octanol–water partition coefficient (Wildman–Crippen LogP) is 20.0. The fourth-order valence-electron chi connectivity index (χ4n) is 7.51. The van der Waals surface area contributed by atoms with Gasteiger partial charge >= 0.3 is 17.9 Å². The van der Waals surface area contributed by atoms with Gasteiger partial charge in [-0.2, -0.15) is 0 Å². The second-order valence-electron chi connectivity index (χ2n) is 18.8. The Morgan fingerprint density at radius 3 is 0.836 bits per heavy atom. The van der Waals surface area contributed by atoms with Crippen LogP contribution in [0.5, 0.6) is 0 Å². The Morgan fingerprint density at radius 2 is 0.534 bits per heavy atom. The molecule has 0 N–H and O–H groups in total. The molecule has 0 aromatic heterocycles. The normalized spacial score (nSPS) is 13.2. The zero-order valence-electron chi connectivity index (χ0n) is 46.8. The van der Waals surface area contributed by atoms with Gasteiger partial charge < -0.3 is 14.2 Å². The molecular formula is C67H106O6. The van der Waals surface area contributed by atoms with E-state index in [1.807, 2.05) is 0 Å². The lowest BCUT2D eigenvalue weighted by Gasteiger charge is -2.18. The number of hydrogen-bond donors (Lipinski definition) is 0. The highest BCUT2D eigenvalue weighted by Crippen LogP contribution is 2.13. The third kappa shape index (κ3) is 58.1. The van der Waals surface area contributed by atoms with E-state index in [9.17, 15) is 14.4 Å². The van der Waals surface area contributed by atoms with Gasteiger partial charge in [-0.15, -0.1) is 0 Å². The molecule has 0 amide bonds. The summed E-state index contributed by atoms with van der Waals surface area (Å²) in [6.07, 6.45) is 85.9. The standard InChI is InChI=1S/C67H106O6/c1-4-7-10-13-15-17-19-21-23-25-27-29-31-32-33-34-36-37-39-41-43-45-47-49-51-54-57-60-66(69)72-63-64(62-71-65(68)59-56-53-12-9-6-3)73-67(70)61-58-55-52-50-48-46-44-42-40-38-35-30-28-26-24-22-20-18-16-14-11-8-5-2/h7-8,10-11,15-18,21-24,27-30,32-33,36-38,40,44,46,64H,4-6,9,12-14,19-20,25-26,31,34-35,39,41-43,45,47-63H2,1-3H3/b10-7-,11-8-,17-15-,18-16-,23-21-,24-22-,29-27-,30-28-,33-32-,37-36-,40-38-,46-44-. The molecule has 6 nitrogen and oxygen atoms in total. The van der Waals surface area contributed by atoms with Crippen LogP contribution in [0.4, 0.5) is 0 Å². The van der Waals surface area contributed by atoms with Crippen LogP contribution in [0.15, 0.2) is 146 Å². The summed E-state index contributed by atoms with van der Waals surface area (Å²) < 4.78 is 16.7. The van der Waals surface area contributed by atoms with Crippen molar-refractivity contribution in [3.8, 4) is 0 Å². The maximum absolute atomic E-state index is 12.8. The van der Waals surface area contributed by atoms with Crippen LogP contribution in [0.25, 0.3) is 0 Å². The molecule has 0 saturated carbocycles. The maximum Gasteiger partial charge on any atom is 0.306 e. The van der Waals surface area contributed by atoms with Gasteiger partial charge in [0.1, 0.15) is 13.2 Å². The van der Waals surface area contributed by atoms with E-state index < -0.39 is 6.10 Å². The fraction of sp³-hybridized carbons (Fsp3) is 0.597. The van der Waals surface area contributed by atoms with Crippen LogP contribution in [0, 0.1) is 0 Å². The van der Waals surface area contributed by atoms with E-state index in [0.717, 1.165) is 167 Å². The third-order valence-electron chi connectivity index (χ3n) is 11.8. The minimum absolute atomic E-state index is 0.0971. The number of esters is 3. The molecule has 0 aliphatic carbocycles. The van der Waals surface area contributed by atoms with E-state index in [1.54, 1.807) is 0 Å². The summed E-state index contributed by atoms with van der Waals surface area (Å²) in [5, 5.41) is 0. The van der Waals surface area contributed by atoms with Crippen LogP contribution < -0.4 is 0 Å². The molecule has 0 aliphatic rings. The number of hydrogen-bond acceptors (Lipinski definition) is 6. The first kappa shape index (κ1) is 68.3. The van der Waals surface area contributed by atoms with Crippen molar-refractivity contribution in [2.45, 2.75) is 245 Å². The van der Waals surface area contributed by atoms with Gasteiger partial charge in [0.25, 0.3) is 0 Å². The quantitative estimate of drug-likeness (QED) is 0.0261. The Labute approximate surface area is 448 Å². The van der Waals surface area contributed by atoms with Crippen LogP contribution in [-0.2, 0) is 28.6 Å².